The van der Waals surface area contributed by atoms with E-state index in [-0.39, 0.29) is 5.92 Å². The first-order valence-corrected chi connectivity index (χ1v) is 11.1. The molecule has 1 aliphatic carbocycles. The van der Waals surface area contributed by atoms with Crippen molar-refractivity contribution >= 4 is 34.9 Å². The highest BCUT2D eigenvalue weighted by Crippen LogP contribution is 2.47. The van der Waals surface area contributed by atoms with Gasteiger partial charge < -0.3 is 4.79 Å². The Balaban J connectivity index is 2.07. The van der Waals surface area contributed by atoms with Crippen molar-refractivity contribution < 1.29 is 4.79 Å². The molecule has 1 saturated carbocycles. The van der Waals surface area contributed by atoms with Gasteiger partial charge in [-0.2, -0.15) is 0 Å². The van der Waals surface area contributed by atoms with Gasteiger partial charge in [-0.1, -0.05) is 96.8 Å². The first-order valence-electron chi connectivity index (χ1n) is 9.21. The highest BCUT2D eigenvalue weighted by atomic mass is 31.2. The van der Waals surface area contributed by atoms with Crippen LogP contribution in [0.2, 0.25) is 0 Å². The Bertz CT molecular complexity index is 809. The third-order valence-electron chi connectivity index (χ3n) is 5.21. The maximum atomic E-state index is 11.9. The van der Waals surface area contributed by atoms with Gasteiger partial charge in [-0.05, 0) is 41.6 Å². The summed E-state index contributed by atoms with van der Waals surface area (Å²) >= 11 is 0. The molecule has 1 fully saturated rings. The fourth-order valence-electron chi connectivity index (χ4n) is 3.70. The molecule has 1 atom stereocenters. The normalized spacial score (nSPS) is 15.2. The van der Waals surface area contributed by atoms with Crippen molar-refractivity contribution in [1.82, 2.24) is 0 Å². The second kappa shape index (κ2) is 7.48. The van der Waals surface area contributed by atoms with E-state index in [1.54, 1.807) is 0 Å². The Morgan fingerprint density at radius 1 is 0.692 bits per heavy atom. The molecule has 0 aliphatic heterocycles. The summed E-state index contributed by atoms with van der Waals surface area (Å²) in [6, 6.07) is 32.2. The lowest BCUT2D eigenvalue weighted by Crippen LogP contribution is -2.29. The lowest BCUT2D eigenvalue weighted by molar-refractivity contribution is -0.109. The van der Waals surface area contributed by atoms with Crippen LogP contribution in [0.15, 0.2) is 91.0 Å². The van der Waals surface area contributed by atoms with Crippen LogP contribution in [0, 0.1) is 11.8 Å². The van der Waals surface area contributed by atoms with Gasteiger partial charge in [0.25, 0.3) is 0 Å². The molecule has 1 aliphatic rings. The van der Waals surface area contributed by atoms with Gasteiger partial charge in [0.05, 0.1) is 0 Å². The summed E-state index contributed by atoms with van der Waals surface area (Å²) in [5.41, 5.74) is 0. The van der Waals surface area contributed by atoms with E-state index in [0.29, 0.717) is 5.92 Å². The summed E-state index contributed by atoms with van der Waals surface area (Å²) in [6.45, 7) is -2.00. The molecule has 0 aromatic heterocycles. The molecular formula is C24H23OP. The van der Waals surface area contributed by atoms with Gasteiger partial charge in [0.2, 0.25) is 0 Å². The quantitative estimate of drug-likeness (QED) is 0.481. The minimum Gasteiger partial charge on any atom is -0.303 e. The summed E-state index contributed by atoms with van der Waals surface area (Å²) in [7, 11) is 0. The first kappa shape index (κ1) is 17.1. The predicted molar refractivity (Wildman–Crippen MR) is 113 cm³/mol. The topological polar surface area (TPSA) is 17.1 Å². The summed E-state index contributed by atoms with van der Waals surface area (Å²) in [5, 5.41) is 3.93. The van der Waals surface area contributed by atoms with Gasteiger partial charge in [0, 0.05) is 5.92 Å². The molecule has 1 nitrogen and oxygen atoms in total. The van der Waals surface area contributed by atoms with Crippen molar-refractivity contribution in [2.24, 2.45) is 11.8 Å². The van der Waals surface area contributed by atoms with Crippen LogP contribution < -0.4 is 15.9 Å². The van der Waals surface area contributed by atoms with E-state index in [1.807, 2.05) is 0 Å². The second-order valence-electron chi connectivity index (χ2n) is 6.93. The Hall–Kier alpha value is -2.37. The minimum absolute atomic E-state index is 0.0175. The monoisotopic (exact) mass is 358 g/mol. The molecule has 26 heavy (non-hydrogen) atoms. The van der Waals surface area contributed by atoms with Crippen molar-refractivity contribution in [3.05, 3.63) is 91.0 Å². The lowest BCUT2D eigenvalue weighted by atomic mass is 10.1. The van der Waals surface area contributed by atoms with E-state index in [0.717, 1.165) is 12.8 Å². The Morgan fingerprint density at radius 3 is 1.38 bits per heavy atom. The number of carbonyl (C=O) groups excluding carboxylic acids is 1. The molecule has 0 bridgehead atoms. The van der Waals surface area contributed by atoms with Crippen LogP contribution in [0.3, 0.4) is 0 Å². The molecule has 0 N–H and O–H groups in total. The molecule has 2 heteroatoms. The average Bonchev–Trinajstić information content (AvgIpc) is 3.56. The number of carbonyl (C=O) groups is 1. The van der Waals surface area contributed by atoms with Crippen LogP contribution in [0.5, 0.6) is 0 Å². The molecule has 1 unspecified atom stereocenters. The molecule has 3 aromatic carbocycles. The molecule has 0 radical (unpaired) electrons. The average molecular weight is 358 g/mol. The van der Waals surface area contributed by atoms with Crippen molar-refractivity contribution in [3.8, 4) is 0 Å². The minimum atomic E-state index is -2.00. The summed E-state index contributed by atoms with van der Waals surface area (Å²) in [5.74, 6) is 2.93. The summed E-state index contributed by atoms with van der Waals surface area (Å²) in [4.78, 5) is 11.9. The van der Waals surface area contributed by atoms with E-state index in [4.69, 9.17) is 0 Å². The van der Waals surface area contributed by atoms with E-state index in [1.165, 1.54) is 22.2 Å². The highest BCUT2D eigenvalue weighted by molar-refractivity contribution is 7.94. The Labute approximate surface area is 155 Å². The van der Waals surface area contributed by atoms with Gasteiger partial charge >= 0.3 is 0 Å². The third-order valence-corrected chi connectivity index (χ3v) is 9.34. The number of benzene rings is 3. The van der Waals surface area contributed by atoms with Crippen LogP contribution in [-0.2, 0) is 4.79 Å². The predicted octanol–water partition coefficient (Wildman–Crippen LogP) is 4.01. The molecule has 130 valence electrons. The lowest BCUT2D eigenvalue weighted by Gasteiger charge is -2.30. The van der Waals surface area contributed by atoms with Gasteiger partial charge in [0.15, 0.2) is 0 Å². The molecule has 3 aromatic rings. The van der Waals surface area contributed by atoms with Gasteiger partial charge in [-0.25, -0.2) is 0 Å². The Morgan fingerprint density at radius 2 is 1.08 bits per heavy atom. The second-order valence-corrected chi connectivity index (χ2v) is 10.2. The smallest absolute Gasteiger partial charge is 0.127 e. The number of hydrogen-bond acceptors (Lipinski definition) is 1. The van der Waals surface area contributed by atoms with Gasteiger partial charge in [-0.15, -0.1) is 0 Å². The first-order chi connectivity index (χ1) is 12.8. The zero-order chi connectivity index (χ0) is 17.8. The fourth-order valence-corrected chi connectivity index (χ4v) is 7.87. The number of aldehydes is 1. The van der Waals surface area contributed by atoms with Crippen LogP contribution >= 0.6 is 6.89 Å². The van der Waals surface area contributed by atoms with Gasteiger partial charge in [-0.3, -0.25) is 0 Å². The zero-order valence-corrected chi connectivity index (χ0v) is 15.6. The molecule has 0 amide bonds. The number of rotatable bonds is 6. The summed E-state index contributed by atoms with van der Waals surface area (Å²) in [6.07, 6.45) is 3.50. The molecule has 0 heterocycles. The van der Waals surface area contributed by atoms with Crippen molar-refractivity contribution in [3.63, 3.8) is 0 Å². The molecule has 0 spiro atoms. The fraction of sp³-hybridized carbons (Fsp3) is 0.167. The van der Waals surface area contributed by atoms with E-state index >= 15 is 0 Å². The maximum Gasteiger partial charge on any atom is 0.127 e. The van der Waals surface area contributed by atoms with E-state index < -0.39 is 6.89 Å². The van der Waals surface area contributed by atoms with Crippen LogP contribution in [-0.4, -0.2) is 12.1 Å². The van der Waals surface area contributed by atoms with E-state index in [2.05, 4.69) is 96.8 Å². The van der Waals surface area contributed by atoms with Crippen LogP contribution in [0.1, 0.15) is 12.8 Å². The SMILES string of the molecule is O=CC(C=P(c1ccccc1)(c1ccccc1)c1ccccc1)C1CC1. The number of hydrogen-bond donors (Lipinski definition) is 0. The van der Waals surface area contributed by atoms with Crippen molar-refractivity contribution in [2.75, 3.05) is 0 Å². The van der Waals surface area contributed by atoms with E-state index in [9.17, 15) is 4.79 Å². The molecule has 0 saturated heterocycles. The Kier molecular flexibility index (Phi) is 4.91. The standard InChI is InChI=1S/C24H23OP/c25-18-21(20-16-17-20)19-26(22-10-4-1-5-11-22,23-12-6-2-7-13-23)24-14-8-3-9-15-24/h1-15,18-21H,16-17H2. The third kappa shape index (κ3) is 3.20. The zero-order valence-electron chi connectivity index (χ0n) is 14.7. The molecular weight excluding hydrogens is 335 g/mol. The highest BCUT2D eigenvalue weighted by Gasteiger charge is 2.33. The van der Waals surface area contributed by atoms with Crippen LogP contribution in [0.4, 0.5) is 0 Å². The van der Waals surface area contributed by atoms with Crippen molar-refractivity contribution in [1.29, 1.82) is 0 Å². The van der Waals surface area contributed by atoms with Gasteiger partial charge in [0.1, 0.15) is 6.29 Å². The van der Waals surface area contributed by atoms with Crippen LogP contribution in [0.25, 0.3) is 0 Å². The summed E-state index contributed by atoms with van der Waals surface area (Å²) < 4.78 is 0. The largest absolute Gasteiger partial charge is 0.303 e. The molecule has 4 rings (SSSR count). The van der Waals surface area contributed by atoms with Crippen molar-refractivity contribution in [2.45, 2.75) is 12.8 Å². The maximum absolute atomic E-state index is 11.9.